The average Bonchev–Trinajstić information content (AvgIpc) is 2.86. The van der Waals surface area contributed by atoms with Gasteiger partial charge in [0.25, 0.3) is 5.91 Å². The van der Waals surface area contributed by atoms with Crippen molar-refractivity contribution in [3.05, 3.63) is 78.0 Å². The molecule has 0 fully saturated rings. The molecule has 2 aromatic heterocycles. The molecule has 0 aliphatic carbocycles. The third-order valence-corrected chi connectivity index (χ3v) is 6.37. The van der Waals surface area contributed by atoms with Crippen LogP contribution in [-0.4, -0.2) is 69.7 Å². The average molecular weight is 479 g/mol. The smallest absolute Gasteiger partial charge is 0.259 e. The van der Waals surface area contributed by atoms with Gasteiger partial charge < -0.3 is 14.7 Å². The Bertz CT molecular complexity index is 1160. The van der Waals surface area contributed by atoms with E-state index in [9.17, 15) is 14.3 Å². The normalized spacial score (nSPS) is 19.0. The fourth-order valence-electron chi connectivity index (χ4n) is 4.32. The highest BCUT2D eigenvalue weighted by Crippen LogP contribution is 2.30. The van der Waals surface area contributed by atoms with Crippen LogP contribution in [-0.2, 0) is 6.54 Å². The van der Waals surface area contributed by atoms with Gasteiger partial charge in [0.1, 0.15) is 17.5 Å². The van der Waals surface area contributed by atoms with Gasteiger partial charge in [-0.1, -0.05) is 19.1 Å². The van der Waals surface area contributed by atoms with Gasteiger partial charge in [-0.25, -0.2) is 9.37 Å². The van der Waals surface area contributed by atoms with Gasteiger partial charge in [0, 0.05) is 49.7 Å². The van der Waals surface area contributed by atoms with Crippen LogP contribution in [0.1, 0.15) is 29.8 Å². The quantitative estimate of drug-likeness (QED) is 0.559. The number of pyridine rings is 2. The molecule has 1 amide bonds. The number of amides is 1. The van der Waals surface area contributed by atoms with E-state index in [0.717, 1.165) is 12.1 Å². The van der Waals surface area contributed by atoms with E-state index >= 15 is 0 Å². The minimum absolute atomic E-state index is 0.00862. The molecule has 0 bridgehead atoms. The van der Waals surface area contributed by atoms with Crippen LogP contribution in [0.25, 0.3) is 11.1 Å². The molecule has 1 N–H and O–H groups in total. The highest BCUT2D eigenvalue weighted by molar-refractivity contribution is 5.98. The predicted octanol–water partition coefficient (Wildman–Crippen LogP) is 3.63. The lowest BCUT2D eigenvalue weighted by Gasteiger charge is -2.37. The SMILES string of the molecule is C[C@@H]1CN([C@@H](C)CO)C(=O)c2cc(-c3cccc(F)c3)cnc2O[C@@H]1CN(C)Cc1ccncc1. The third-order valence-electron chi connectivity index (χ3n) is 6.37. The number of halogens is 1. The summed E-state index contributed by atoms with van der Waals surface area (Å²) >= 11 is 0. The van der Waals surface area contributed by atoms with Crippen molar-refractivity contribution in [2.24, 2.45) is 5.92 Å². The molecular formula is C27H31FN4O3. The Morgan fingerprint density at radius 3 is 2.71 bits per heavy atom. The molecule has 0 saturated heterocycles. The molecular weight excluding hydrogens is 447 g/mol. The summed E-state index contributed by atoms with van der Waals surface area (Å²) in [7, 11) is 2.02. The summed E-state index contributed by atoms with van der Waals surface area (Å²) in [5.74, 6) is -0.383. The Kier molecular flexibility index (Phi) is 7.73. The summed E-state index contributed by atoms with van der Waals surface area (Å²) in [6, 6.07) is 11.5. The number of benzene rings is 1. The fourth-order valence-corrected chi connectivity index (χ4v) is 4.32. The Balaban J connectivity index is 1.66. The third kappa shape index (κ3) is 5.83. The monoisotopic (exact) mass is 478 g/mol. The van der Waals surface area contributed by atoms with Crippen LogP contribution in [0, 0.1) is 11.7 Å². The number of likely N-dealkylation sites (N-methyl/N-ethyl adjacent to an activating group) is 1. The van der Waals surface area contributed by atoms with Crippen LogP contribution in [0.4, 0.5) is 4.39 Å². The van der Waals surface area contributed by atoms with Gasteiger partial charge in [0.05, 0.1) is 12.6 Å². The summed E-state index contributed by atoms with van der Waals surface area (Å²) in [5.41, 5.74) is 2.70. The second kappa shape index (κ2) is 10.9. The van der Waals surface area contributed by atoms with E-state index in [1.54, 1.807) is 41.7 Å². The van der Waals surface area contributed by atoms with Crippen molar-refractivity contribution in [2.75, 3.05) is 26.7 Å². The van der Waals surface area contributed by atoms with Crippen molar-refractivity contribution < 1.29 is 19.0 Å². The number of hydrogen-bond donors (Lipinski definition) is 1. The maximum Gasteiger partial charge on any atom is 0.259 e. The Labute approximate surface area is 205 Å². The summed E-state index contributed by atoms with van der Waals surface area (Å²) in [6.07, 6.45) is 4.90. The van der Waals surface area contributed by atoms with E-state index in [1.807, 2.05) is 33.0 Å². The molecule has 0 unspecified atom stereocenters. The number of aliphatic hydroxyl groups is 1. The summed E-state index contributed by atoms with van der Waals surface area (Å²) in [4.78, 5) is 26.0. The first-order valence-electron chi connectivity index (χ1n) is 11.8. The molecule has 1 aliphatic heterocycles. The van der Waals surface area contributed by atoms with Crippen LogP contribution in [0.3, 0.4) is 0 Å². The van der Waals surface area contributed by atoms with Crippen LogP contribution in [0.2, 0.25) is 0 Å². The van der Waals surface area contributed by atoms with Crippen LogP contribution < -0.4 is 4.74 Å². The molecule has 1 aliphatic rings. The zero-order valence-electron chi connectivity index (χ0n) is 20.3. The van der Waals surface area contributed by atoms with E-state index in [0.29, 0.717) is 29.8 Å². The number of aliphatic hydroxyl groups excluding tert-OH is 1. The molecule has 8 heteroatoms. The number of aromatic nitrogens is 2. The van der Waals surface area contributed by atoms with Gasteiger partial charge in [-0.2, -0.15) is 0 Å². The summed E-state index contributed by atoms with van der Waals surface area (Å²) < 4.78 is 20.2. The summed E-state index contributed by atoms with van der Waals surface area (Å²) in [6.45, 7) is 5.48. The standard InChI is InChI=1S/C27H31FN4O3/c1-18-14-32(19(2)17-33)27(34)24-12-22(21-5-4-6-23(28)11-21)13-30-26(24)35-25(18)16-31(3)15-20-7-9-29-10-8-20/h4-13,18-19,25,33H,14-17H2,1-3H3/t18-,19+,25-/m1/s1. The Morgan fingerprint density at radius 1 is 1.23 bits per heavy atom. The lowest BCUT2D eigenvalue weighted by Crippen LogP contribution is -2.49. The molecule has 7 nitrogen and oxygen atoms in total. The van der Waals surface area contributed by atoms with Crippen molar-refractivity contribution in [2.45, 2.75) is 32.5 Å². The Hall–Kier alpha value is -3.36. The van der Waals surface area contributed by atoms with Crippen molar-refractivity contribution in [3.63, 3.8) is 0 Å². The first-order valence-corrected chi connectivity index (χ1v) is 11.8. The molecule has 3 heterocycles. The minimum atomic E-state index is -0.371. The Morgan fingerprint density at radius 2 is 2.00 bits per heavy atom. The number of rotatable bonds is 7. The second-order valence-electron chi connectivity index (χ2n) is 9.26. The van der Waals surface area contributed by atoms with Gasteiger partial charge in [-0.3, -0.25) is 14.7 Å². The molecule has 0 saturated carbocycles. The van der Waals surface area contributed by atoms with E-state index < -0.39 is 0 Å². The van der Waals surface area contributed by atoms with Crippen molar-refractivity contribution in [1.29, 1.82) is 0 Å². The van der Waals surface area contributed by atoms with Crippen molar-refractivity contribution in [3.8, 4) is 17.0 Å². The number of hydrogen-bond acceptors (Lipinski definition) is 6. The molecule has 0 radical (unpaired) electrons. The van der Waals surface area contributed by atoms with E-state index in [1.165, 1.54) is 12.1 Å². The van der Waals surface area contributed by atoms with Crippen LogP contribution >= 0.6 is 0 Å². The molecule has 35 heavy (non-hydrogen) atoms. The highest BCUT2D eigenvalue weighted by Gasteiger charge is 2.34. The van der Waals surface area contributed by atoms with E-state index in [2.05, 4.69) is 14.9 Å². The minimum Gasteiger partial charge on any atom is -0.472 e. The number of fused-ring (bicyclic) bond motifs is 1. The lowest BCUT2D eigenvalue weighted by atomic mass is 9.99. The molecule has 0 spiro atoms. The van der Waals surface area contributed by atoms with Gasteiger partial charge in [0.15, 0.2) is 0 Å². The van der Waals surface area contributed by atoms with Crippen molar-refractivity contribution in [1.82, 2.24) is 19.8 Å². The molecule has 3 atom stereocenters. The first-order chi connectivity index (χ1) is 16.9. The number of ether oxygens (including phenoxy) is 1. The zero-order valence-corrected chi connectivity index (χ0v) is 20.3. The molecule has 184 valence electrons. The van der Waals surface area contributed by atoms with Gasteiger partial charge in [-0.15, -0.1) is 0 Å². The fraction of sp³-hybridized carbons (Fsp3) is 0.370. The van der Waals surface area contributed by atoms with Gasteiger partial charge >= 0.3 is 0 Å². The highest BCUT2D eigenvalue weighted by atomic mass is 19.1. The van der Waals surface area contributed by atoms with Crippen LogP contribution in [0.15, 0.2) is 61.1 Å². The van der Waals surface area contributed by atoms with Crippen molar-refractivity contribution >= 4 is 5.91 Å². The first kappa shape index (κ1) is 24.8. The largest absolute Gasteiger partial charge is 0.472 e. The predicted molar refractivity (Wildman–Crippen MR) is 131 cm³/mol. The second-order valence-corrected chi connectivity index (χ2v) is 9.26. The maximum absolute atomic E-state index is 13.8. The summed E-state index contributed by atoms with van der Waals surface area (Å²) in [5, 5.41) is 9.84. The number of carbonyl (C=O) groups excluding carboxylic acids is 1. The molecule has 4 rings (SSSR count). The maximum atomic E-state index is 13.8. The number of carbonyl (C=O) groups is 1. The zero-order chi connectivity index (χ0) is 24.9. The molecule has 3 aromatic rings. The lowest BCUT2D eigenvalue weighted by molar-refractivity contribution is 0.0325. The van der Waals surface area contributed by atoms with Crippen LogP contribution in [0.5, 0.6) is 5.88 Å². The van der Waals surface area contributed by atoms with E-state index in [4.69, 9.17) is 4.74 Å². The topological polar surface area (TPSA) is 78.8 Å². The van der Waals surface area contributed by atoms with Gasteiger partial charge in [-0.05, 0) is 55.4 Å². The number of nitrogens with zero attached hydrogens (tertiary/aromatic N) is 4. The molecule has 1 aromatic carbocycles. The van der Waals surface area contributed by atoms with E-state index in [-0.39, 0.29) is 42.3 Å². The van der Waals surface area contributed by atoms with Gasteiger partial charge in [0.2, 0.25) is 5.88 Å².